The summed E-state index contributed by atoms with van der Waals surface area (Å²) >= 11 is 0. The van der Waals surface area contributed by atoms with Crippen LogP contribution < -0.4 is 0 Å². The molecule has 0 aromatic carbocycles. The van der Waals surface area contributed by atoms with Crippen LogP contribution in [0, 0.1) is 0 Å². The Bertz CT molecular complexity index is 222. The highest BCUT2D eigenvalue weighted by atomic mass is 16.6. The van der Waals surface area contributed by atoms with Gasteiger partial charge in [-0.3, -0.25) is 4.90 Å². The second-order valence-electron chi connectivity index (χ2n) is 2.67. The molecule has 5 heteroatoms. The van der Waals surface area contributed by atoms with E-state index in [0.29, 0.717) is 0 Å². The zero-order valence-electron chi connectivity index (χ0n) is 7.85. The Hall–Kier alpha value is -1.36. The smallest absolute Gasteiger partial charge is 0.332 e. The molecule has 74 valence electrons. The van der Waals surface area contributed by atoms with Crippen molar-refractivity contribution in [2.24, 2.45) is 0 Å². The Balaban J connectivity index is 3.95. The molecule has 0 aliphatic rings. The van der Waals surface area contributed by atoms with E-state index in [1.807, 2.05) is 0 Å². The number of ether oxygens (including phenoxy) is 1. The zero-order chi connectivity index (χ0) is 10.4. The number of carbonyl (C=O) groups excluding carboxylic acids is 1. The van der Waals surface area contributed by atoms with E-state index in [1.165, 1.54) is 0 Å². The molecule has 0 saturated heterocycles. The molecular weight excluding hydrogens is 174 g/mol. The summed E-state index contributed by atoms with van der Waals surface area (Å²) in [6.45, 7) is 1.69. The fraction of sp³-hybridized carbons (Fsp3) is 0.500. The number of carbonyl (C=O) groups is 2. The minimum atomic E-state index is -1.17. The van der Waals surface area contributed by atoms with Gasteiger partial charge in [-0.05, 0) is 21.0 Å². The SMILES string of the molecule is CC(OC(=O)C=CC(=O)O)N(C)C. The van der Waals surface area contributed by atoms with Crippen molar-refractivity contribution >= 4 is 11.9 Å². The molecule has 0 saturated carbocycles. The highest BCUT2D eigenvalue weighted by molar-refractivity contribution is 5.90. The maximum Gasteiger partial charge on any atom is 0.332 e. The number of carboxylic acids is 1. The summed E-state index contributed by atoms with van der Waals surface area (Å²) in [6, 6.07) is 0. The average molecular weight is 187 g/mol. The summed E-state index contributed by atoms with van der Waals surface area (Å²) in [6.07, 6.45) is 1.25. The second kappa shape index (κ2) is 5.31. The highest BCUT2D eigenvalue weighted by Crippen LogP contribution is 1.95. The van der Waals surface area contributed by atoms with Crippen molar-refractivity contribution in [3.63, 3.8) is 0 Å². The molecule has 1 N–H and O–H groups in total. The third-order valence-electron chi connectivity index (χ3n) is 1.38. The third kappa shape index (κ3) is 5.86. The van der Waals surface area contributed by atoms with Gasteiger partial charge in [-0.2, -0.15) is 0 Å². The number of aliphatic carboxylic acids is 1. The Morgan fingerprint density at radius 2 is 1.92 bits per heavy atom. The van der Waals surface area contributed by atoms with Crippen LogP contribution in [0.15, 0.2) is 12.2 Å². The molecule has 13 heavy (non-hydrogen) atoms. The lowest BCUT2D eigenvalue weighted by molar-refractivity contribution is -0.149. The third-order valence-corrected chi connectivity index (χ3v) is 1.38. The van der Waals surface area contributed by atoms with Gasteiger partial charge in [0.15, 0.2) is 6.23 Å². The molecule has 0 amide bonds. The molecule has 1 atom stereocenters. The van der Waals surface area contributed by atoms with Gasteiger partial charge in [0.1, 0.15) is 0 Å². The number of carboxylic acid groups (broad SMARTS) is 1. The molecule has 1 unspecified atom stereocenters. The standard InChI is InChI=1S/C8H13NO4/c1-6(9(2)3)13-8(12)5-4-7(10)11/h4-6H,1-3H3,(H,10,11). The molecule has 0 heterocycles. The van der Waals surface area contributed by atoms with Gasteiger partial charge in [0.2, 0.25) is 0 Å². The van der Waals surface area contributed by atoms with Crippen molar-refractivity contribution in [3.8, 4) is 0 Å². The van der Waals surface area contributed by atoms with Crippen LogP contribution in [0.25, 0.3) is 0 Å². The van der Waals surface area contributed by atoms with E-state index in [1.54, 1.807) is 25.9 Å². The lowest BCUT2D eigenvalue weighted by atomic mass is 10.5. The van der Waals surface area contributed by atoms with Crippen molar-refractivity contribution in [2.45, 2.75) is 13.2 Å². The minimum Gasteiger partial charge on any atom is -0.478 e. The van der Waals surface area contributed by atoms with Gasteiger partial charge in [-0.25, -0.2) is 9.59 Å². The van der Waals surface area contributed by atoms with Crippen LogP contribution in [-0.2, 0) is 14.3 Å². The van der Waals surface area contributed by atoms with Gasteiger partial charge < -0.3 is 9.84 Å². The van der Waals surface area contributed by atoms with E-state index in [4.69, 9.17) is 9.84 Å². The molecular formula is C8H13NO4. The van der Waals surface area contributed by atoms with Crippen LogP contribution >= 0.6 is 0 Å². The molecule has 0 bridgehead atoms. The van der Waals surface area contributed by atoms with Crippen molar-refractivity contribution in [1.82, 2.24) is 4.90 Å². The van der Waals surface area contributed by atoms with Crippen molar-refractivity contribution < 1.29 is 19.4 Å². The number of esters is 1. The van der Waals surface area contributed by atoms with Gasteiger partial charge in [0.05, 0.1) is 0 Å². The van der Waals surface area contributed by atoms with E-state index in [0.717, 1.165) is 12.2 Å². The molecule has 0 aromatic heterocycles. The van der Waals surface area contributed by atoms with Gasteiger partial charge in [-0.1, -0.05) is 0 Å². The van der Waals surface area contributed by atoms with Crippen molar-refractivity contribution in [2.75, 3.05) is 14.1 Å². The Morgan fingerprint density at radius 1 is 1.38 bits per heavy atom. The van der Waals surface area contributed by atoms with Crippen LogP contribution in [0.1, 0.15) is 6.92 Å². The Kier molecular flexibility index (Phi) is 4.76. The average Bonchev–Trinajstić information content (AvgIpc) is 2.00. The summed E-state index contributed by atoms with van der Waals surface area (Å²) in [5.74, 6) is -1.84. The summed E-state index contributed by atoms with van der Waals surface area (Å²) in [4.78, 5) is 22.6. The first-order valence-electron chi connectivity index (χ1n) is 3.71. The van der Waals surface area contributed by atoms with Gasteiger partial charge >= 0.3 is 11.9 Å². The fourth-order valence-electron chi connectivity index (χ4n) is 0.452. The van der Waals surface area contributed by atoms with E-state index < -0.39 is 11.9 Å². The number of rotatable bonds is 4. The summed E-state index contributed by atoms with van der Waals surface area (Å²) < 4.78 is 4.80. The lowest BCUT2D eigenvalue weighted by Crippen LogP contribution is -2.29. The monoisotopic (exact) mass is 187 g/mol. The van der Waals surface area contributed by atoms with Crippen molar-refractivity contribution in [1.29, 1.82) is 0 Å². The number of hydrogen-bond acceptors (Lipinski definition) is 4. The first kappa shape index (κ1) is 11.6. The molecule has 5 nitrogen and oxygen atoms in total. The summed E-state index contributed by atoms with van der Waals surface area (Å²) in [7, 11) is 3.50. The number of hydrogen-bond donors (Lipinski definition) is 1. The quantitative estimate of drug-likeness (QED) is 0.383. The normalized spacial score (nSPS) is 13.2. The van der Waals surface area contributed by atoms with Gasteiger partial charge in [-0.15, -0.1) is 0 Å². The van der Waals surface area contributed by atoms with Crippen LogP contribution in [0.3, 0.4) is 0 Å². The van der Waals surface area contributed by atoms with Crippen LogP contribution in [0.5, 0.6) is 0 Å². The van der Waals surface area contributed by atoms with Gasteiger partial charge in [0, 0.05) is 12.2 Å². The maximum absolute atomic E-state index is 10.9. The minimum absolute atomic E-state index is 0.369. The molecule has 0 spiro atoms. The predicted molar refractivity (Wildman–Crippen MR) is 46.0 cm³/mol. The second-order valence-corrected chi connectivity index (χ2v) is 2.67. The Labute approximate surface area is 76.6 Å². The molecule has 0 fully saturated rings. The molecule has 0 rings (SSSR count). The Morgan fingerprint density at radius 3 is 2.31 bits per heavy atom. The van der Waals surface area contributed by atoms with Crippen LogP contribution in [0.2, 0.25) is 0 Å². The maximum atomic E-state index is 10.9. The molecule has 0 aromatic rings. The molecule has 0 aliphatic carbocycles. The zero-order valence-corrected chi connectivity index (χ0v) is 7.85. The first-order valence-corrected chi connectivity index (χ1v) is 3.71. The summed E-state index contributed by atoms with van der Waals surface area (Å²) in [5.41, 5.74) is 0. The van der Waals surface area contributed by atoms with Crippen LogP contribution in [0.4, 0.5) is 0 Å². The first-order chi connectivity index (χ1) is 5.93. The molecule has 0 radical (unpaired) electrons. The topological polar surface area (TPSA) is 66.8 Å². The fourth-order valence-corrected chi connectivity index (χ4v) is 0.452. The van der Waals surface area contributed by atoms with E-state index in [9.17, 15) is 9.59 Å². The van der Waals surface area contributed by atoms with Crippen molar-refractivity contribution in [3.05, 3.63) is 12.2 Å². The highest BCUT2D eigenvalue weighted by Gasteiger charge is 2.08. The lowest BCUT2D eigenvalue weighted by Gasteiger charge is -2.18. The van der Waals surface area contributed by atoms with Crippen LogP contribution in [-0.4, -0.2) is 42.3 Å². The largest absolute Gasteiger partial charge is 0.478 e. The van der Waals surface area contributed by atoms with E-state index in [-0.39, 0.29) is 6.23 Å². The summed E-state index contributed by atoms with van der Waals surface area (Å²) in [5, 5.41) is 8.20. The molecule has 0 aliphatic heterocycles. The van der Waals surface area contributed by atoms with E-state index in [2.05, 4.69) is 0 Å². The number of nitrogens with zero attached hydrogens (tertiary/aromatic N) is 1. The predicted octanol–water partition coefficient (Wildman–Crippen LogP) is 0.0780. The van der Waals surface area contributed by atoms with Gasteiger partial charge in [0.25, 0.3) is 0 Å². The van der Waals surface area contributed by atoms with E-state index >= 15 is 0 Å².